The van der Waals surface area contributed by atoms with Gasteiger partial charge < -0.3 is 4.74 Å². The Labute approximate surface area is 105 Å². The van der Waals surface area contributed by atoms with Crippen LogP contribution in [-0.4, -0.2) is 22.5 Å². The standard InChI is InChI=1S/C10H9F3N2O4/c1-2-19-6(16)3-5-4-14-10(13)8(15(17)18)7(5)9(11)12/h4,9H,2-3H2,1H3. The quantitative estimate of drug-likeness (QED) is 0.357. The molecule has 0 radical (unpaired) electrons. The molecule has 0 spiro atoms. The maximum atomic E-state index is 13.1. The lowest BCUT2D eigenvalue weighted by Gasteiger charge is -2.08. The Morgan fingerprint density at radius 3 is 2.68 bits per heavy atom. The van der Waals surface area contributed by atoms with Gasteiger partial charge in [-0.1, -0.05) is 0 Å². The smallest absolute Gasteiger partial charge is 0.333 e. The molecule has 0 aliphatic carbocycles. The number of carbonyl (C=O) groups is 1. The molecule has 104 valence electrons. The van der Waals surface area contributed by atoms with Crippen LogP contribution < -0.4 is 0 Å². The predicted molar refractivity (Wildman–Crippen MR) is 56.1 cm³/mol. The summed E-state index contributed by atoms with van der Waals surface area (Å²) in [5, 5.41) is 10.6. The Balaban J connectivity index is 3.28. The largest absolute Gasteiger partial charge is 0.466 e. The number of carbonyl (C=O) groups excluding carboxylic acids is 1. The van der Waals surface area contributed by atoms with E-state index in [2.05, 4.69) is 9.72 Å². The summed E-state index contributed by atoms with van der Waals surface area (Å²) in [5.41, 5.74) is -3.00. The number of alkyl halides is 2. The lowest BCUT2D eigenvalue weighted by molar-refractivity contribution is -0.389. The lowest BCUT2D eigenvalue weighted by atomic mass is 10.1. The molecule has 0 aromatic carbocycles. The van der Waals surface area contributed by atoms with Gasteiger partial charge >= 0.3 is 11.7 Å². The first-order valence-corrected chi connectivity index (χ1v) is 5.13. The molecule has 0 saturated carbocycles. The number of esters is 1. The summed E-state index contributed by atoms with van der Waals surface area (Å²) in [6.45, 7) is 1.54. The first-order valence-electron chi connectivity index (χ1n) is 5.13. The first-order chi connectivity index (χ1) is 8.88. The minimum atomic E-state index is -3.30. The van der Waals surface area contributed by atoms with Gasteiger partial charge in [0.2, 0.25) is 0 Å². The van der Waals surface area contributed by atoms with E-state index in [0.717, 1.165) is 0 Å². The van der Waals surface area contributed by atoms with Gasteiger partial charge in [0.15, 0.2) is 0 Å². The van der Waals surface area contributed by atoms with Crippen LogP contribution in [0.5, 0.6) is 0 Å². The fraction of sp³-hybridized carbons (Fsp3) is 0.400. The van der Waals surface area contributed by atoms with Crippen LogP contribution >= 0.6 is 0 Å². The molecule has 1 aromatic heterocycles. The second-order valence-corrected chi connectivity index (χ2v) is 3.38. The SMILES string of the molecule is CCOC(=O)Cc1cnc(F)c([N+](=O)[O-])c1C(F)F. The number of hydrogen-bond acceptors (Lipinski definition) is 5. The molecule has 0 bridgehead atoms. The molecule has 0 fully saturated rings. The second-order valence-electron chi connectivity index (χ2n) is 3.38. The molecular weight excluding hydrogens is 269 g/mol. The van der Waals surface area contributed by atoms with Gasteiger partial charge in [-0.25, -0.2) is 13.8 Å². The van der Waals surface area contributed by atoms with Crippen molar-refractivity contribution in [3.8, 4) is 0 Å². The van der Waals surface area contributed by atoms with Crippen molar-refractivity contribution < 1.29 is 27.6 Å². The van der Waals surface area contributed by atoms with Crippen LogP contribution in [0.15, 0.2) is 6.20 Å². The number of nitro groups is 1. The Morgan fingerprint density at radius 2 is 2.21 bits per heavy atom. The zero-order valence-corrected chi connectivity index (χ0v) is 9.73. The van der Waals surface area contributed by atoms with E-state index in [1.165, 1.54) is 6.92 Å². The fourth-order valence-corrected chi connectivity index (χ4v) is 1.45. The summed E-state index contributed by atoms with van der Waals surface area (Å²) in [6.07, 6.45) is -3.27. The average Bonchev–Trinajstić information content (AvgIpc) is 2.30. The minimum absolute atomic E-state index is 0.0273. The van der Waals surface area contributed by atoms with E-state index < -0.39 is 46.5 Å². The fourth-order valence-electron chi connectivity index (χ4n) is 1.45. The van der Waals surface area contributed by atoms with Gasteiger partial charge in [0.05, 0.1) is 18.0 Å². The van der Waals surface area contributed by atoms with E-state index in [0.29, 0.717) is 6.20 Å². The van der Waals surface area contributed by atoms with Crippen LogP contribution in [0.3, 0.4) is 0 Å². The number of halogens is 3. The molecule has 0 N–H and O–H groups in total. The van der Waals surface area contributed by atoms with Crippen LogP contribution in [0.1, 0.15) is 24.5 Å². The van der Waals surface area contributed by atoms with Gasteiger partial charge in [0, 0.05) is 6.20 Å². The highest BCUT2D eigenvalue weighted by atomic mass is 19.3. The maximum Gasteiger partial charge on any atom is 0.333 e. The van der Waals surface area contributed by atoms with Gasteiger partial charge in [-0.15, -0.1) is 0 Å². The van der Waals surface area contributed by atoms with Crippen LogP contribution in [0.25, 0.3) is 0 Å². The highest BCUT2D eigenvalue weighted by Crippen LogP contribution is 2.33. The van der Waals surface area contributed by atoms with Crippen LogP contribution in [0, 0.1) is 16.1 Å². The zero-order valence-electron chi connectivity index (χ0n) is 9.73. The predicted octanol–water partition coefficient (Wildman–Crippen LogP) is 2.17. The Hall–Kier alpha value is -2.19. The zero-order chi connectivity index (χ0) is 14.6. The Bertz CT molecular complexity index is 508. The van der Waals surface area contributed by atoms with Crippen molar-refractivity contribution in [1.29, 1.82) is 0 Å². The molecule has 1 rings (SSSR count). The van der Waals surface area contributed by atoms with Gasteiger partial charge in [-0.3, -0.25) is 14.9 Å². The molecule has 0 amide bonds. The van der Waals surface area contributed by atoms with E-state index in [1.54, 1.807) is 0 Å². The Morgan fingerprint density at radius 1 is 1.58 bits per heavy atom. The summed E-state index contributed by atoms with van der Waals surface area (Å²) < 4.78 is 43.3. The number of ether oxygens (including phenoxy) is 1. The number of rotatable bonds is 5. The van der Waals surface area contributed by atoms with Gasteiger partial charge in [-0.05, 0) is 12.5 Å². The van der Waals surface area contributed by atoms with Crippen LogP contribution in [-0.2, 0) is 16.0 Å². The monoisotopic (exact) mass is 278 g/mol. The van der Waals surface area contributed by atoms with Crippen LogP contribution in [0.2, 0.25) is 0 Å². The normalized spacial score (nSPS) is 10.6. The molecular formula is C10H9F3N2O4. The second kappa shape index (κ2) is 6.12. The van der Waals surface area contributed by atoms with Gasteiger partial charge in [-0.2, -0.15) is 4.39 Å². The minimum Gasteiger partial charge on any atom is -0.466 e. The molecule has 9 heteroatoms. The highest BCUT2D eigenvalue weighted by Gasteiger charge is 2.31. The van der Waals surface area contributed by atoms with E-state index >= 15 is 0 Å². The lowest BCUT2D eigenvalue weighted by Crippen LogP contribution is -2.12. The third kappa shape index (κ3) is 3.39. The topological polar surface area (TPSA) is 82.3 Å². The summed E-state index contributed by atoms with van der Waals surface area (Å²) in [5.74, 6) is -2.47. The molecule has 0 aliphatic heterocycles. The summed E-state index contributed by atoms with van der Waals surface area (Å²) in [6, 6.07) is 0. The summed E-state index contributed by atoms with van der Waals surface area (Å²) >= 11 is 0. The maximum absolute atomic E-state index is 13.1. The first kappa shape index (κ1) is 14.9. The van der Waals surface area contributed by atoms with E-state index in [9.17, 15) is 28.1 Å². The molecule has 0 unspecified atom stereocenters. The van der Waals surface area contributed by atoms with Crippen molar-refractivity contribution in [1.82, 2.24) is 4.98 Å². The van der Waals surface area contributed by atoms with Crippen molar-refractivity contribution >= 4 is 11.7 Å². The number of nitrogens with zero attached hydrogens (tertiary/aromatic N) is 2. The summed E-state index contributed by atoms with van der Waals surface area (Å²) in [7, 11) is 0. The number of hydrogen-bond donors (Lipinski definition) is 0. The molecule has 0 saturated heterocycles. The van der Waals surface area contributed by atoms with E-state index in [-0.39, 0.29) is 6.61 Å². The molecule has 0 aliphatic rings. The molecule has 19 heavy (non-hydrogen) atoms. The van der Waals surface area contributed by atoms with E-state index in [4.69, 9.17) is 0 Å². The van der Waals surface area contributed by atoms with Crippen molar-refractivity contribution in [2.75, 3.05) is 6.61 Å². The average molecular weight is 278 g/mol. The van der Waals surface area contributed by atoms with Crippen molar-refractivity contribution in [2.45, 2.75) is 19.8 Å². The third-order valence-corrected chi connectivity index (χ3v) is 2.17. The van der Waals surface area contributed by atoms with Crippen molar-refractivity contribution in [3.63, 3.8) is 0 Å². The molecule has 1 aromatic rings. The van der Waals surface area contributed by atoms with Crippen molar-refractivity contribution in [2.24, 2.45) is 0 Å². The van der Waals surface area contributed by atoms with Gasteiger partial charge in [0.1, 0.15) is 5.56 Å². The molecule has 6 nitrogen and oxygen atoms in total. The van der Waals surface area contributed by atoms with Crippen LogP contribution in [0.4, 0.5) is 18.9 Å². The number of pyridine rings is 1. The van der Waals surface area contributed by atoms with Gasteiger partial charge in [0.25, 0.3) is 12.4 Å². The molecule has 1 heterocycles. The highest BCUT2D eigenvalue weighted by molar-refractivity contribution is 5.73. The Kier molecular flexibility index (Phi) is 4.79. The van der Waals surface area contributed by atoms with E-state index in [1.807, 2.05) is 0 Å². The summed E-state index contributed by atoms with van der Waals surface area (Å²) in [4.78, 5) is 23.5. The number of aromatic nitrogens is 1. The van der Waals surface area contributed by atoms with Crippen molar-refractivity contribution in [3.05, 3.63) is 33.4 Å². The third-order valence-electron chi connectivity index (χ3n) is 2.17. The molecule has 0 atom stereocenters.